The Bertz CT molecular complexity index is 566. The van der Waals surface area contributed by atoms with Crippen molar-refractivity contribution >= 4 is 11.9 Å². The van der Waals surface area contributed by atoms with Gasteiger partial charge >= 0.3 is 5.97 Å². The topological polar surface area (TPSA) is 60.9 Å². The van der Waals surface area contributed by atoms with Gasteiger partial charge in [0.15, 0.2) is 0 Å². The van der Waals surface area contributed by atoms with Gasteiger partial charge in [0, 0.05) is 19.1 Å². The lowest BCUT2D eigenvalue weighted by Gasteiger charge is -2.29. The maximum Gasteiger partial charge on any atom is 0.320 e. The Morgan fingerprint density at radius 2 is 1.88 bits per heavy atom. The third kappa shape index (κ3) is 5.06. The average Bonchev–Trinajstić information content (AvgIpc) is 3.38. The zero-order chi connectivity index (χ0) is 17.7. The van der Waals surface area contributed by atoms with Gasteiger partial charge in [0.2, 0.25) is 5.91 Å². The number of carboxylic acids is 1. The van der Waals surface area contributed by atoms with Crippen molar-refractivity contribution < 1.29 is 14.7 Å². The fourth-order valence-electron chi connectivity index (χ4n) is 2.86. The Labute approximate surface area is 144 Å². The number of carboxylic acid groups (broad SMARTS) is 1. The molecule has 5 nitrogen and oxygen atoms in total. The summed E-state index contributed by atoms with van der Waals surface area (Å²) in [6.45, 7) is 7.20. The van der Waals surface area contributed by atoms with Gasteiger partial charge in [-0.1, -0.05) is 36.8 Å². The molecule has 1 N–H and O–H groups in total. The number of benzene rings is 1. The SMILES string of the molecule is CCCN(Cc1ccc(C)cc1)C(=O)CN(C1CC1)C(C)C(=O)O. The molecule has 1 amide bonds. The van der Waals surface area contributed by atoms with Gasteiger partial charge < -0.3 is 10.0 Å². The highest BCUT2D eigenvalue weighted by molar-refractivity contribution is 5.80. The number of carbonyl (C=O) groups is 2. The Hall–Kier alpha value is -1.88. The first kappa shape index (κ1) is 18.5. The van der Waals surface area contributed by atoms with Crippen molar-refractivity contribution in [3.8, 4) is 0 Å². The molecule has 1 saturated carbocycles. The molecule has 0 aromatic heterocycles. The standard InChI is InChI=1S/C19H28N2O3/c1-4-11-20(12-16-7-5-14(2)6-8-16)18(22)13-21(17-9-10-17)15(3)19(23)24/h5-8,15,17H,4,9-13H2,1-3H3,(H,23,24). The molecule has 1 aliphatic rings. The minimum atomic E-state index is -0.865. The van der Waals surface area contributed by atoms with Crippen molar-refractivity contribution in [2.45, 2.75) is 58.7 Å². The highest BCUT2D eigenvalue weighted by Gasteiger charge is 2.36. The number of aliphatic carboxylic acids is 1. The Kier molecular flexibility index (Phi) is 6.37. The summed E-state index contributed by atoms with van der Waals surface area (Å²) in [5.74, 6) is -0.854. The summed E-state index contributed by atoms with van der Waals surface area (Å²) < 4.78 is 0. The van der Waals surface area contributed by atoms with Crippen LogP contribution in [0, 0.1) is 6.92 Å². The molecular weight excluding hydrogens is 304 g/mol. The summed E-state index contributed by atoms with van der Waals surface area (Å²) in [6.07, 6.45) is 2.85. The summed E-state index contributed by atoms with van der Waals surface area (Å²) in [5.41, 5.74) is 2.30. The van der Waals surface area contributed by atoms with Crippen LogP contribution >= 0.6 is 0 Å². The van der Waals surface area contributed by atoms with Crippen LogP contribution in [0.2, 0.25) is 0 Å². The van der Waals surface area contributed by atoms with Gasteiger partial charge in [0.25, 0.3) is 0 Å². The van der Waals surface area contributed by atoms with Crippen LogP contribution in [0.15, 0.2) is 24.3 Å². The first-order valence-electron chi connectivity index (χ1n) is 8.74. The molecule has 1 aliphatic carbocycles. The van der Waals surface area contributed by atoms with Gasteiger partial charge in [-0.15, -0.1) is 0 Å². The summed E-state index contributed by atoms with van der Waals surface area (Å²) in [5, 5.41) is 9.28. The highest BCUT2D eigenvalue weighted by atomic mass is 16.4. The van der Waals surface area contributed by atoms with Crippen molar-refractivity contribution in [3.05, 3.63) is 35.4 Å². The quantitative estimate of drug-likeness (QED) is 0.755. The molecule has 0 bridgehead atoms. The maximum absolute atomic E-state index is 12.8. The van der Waals surface area contributed by atoms with E-state index in [-0.39, 0.29) is 18.5 Å². The molecule has 0 saturated heterocycles. The van der Waals surface area contributed by atoms with Crippen molar-refractivity contribution in [1.82, 2.24) is 9.80 Å². The number of aryl methyl sites for hydroxylation is 1. The van der Waals surface area contributed by atoms with Crippen molar-refractivity contribution in [3.63, 3.8) is 0 Å². The predicted octanol–water partition coefficient (Wildman–Crippen LogP) is 2.67. The lowest BCUT2D eigenvalue weighted by atomic mass is 10.1. The second-order valence-corrected chi connectivity index (χ2v) is 6.72. The Balaban J connectivity index is 2.04. The number of hydrogen-bond donors (Lipinski definition) is 1. The van der Waals surface area contributed by atoms with E-state index < -0.39 is 12.0 Å². The number of carbonyl (C=O) groups excluding carboxylic acids is 1. The molecule has 24 heavy (non-hydrogen) atoms. The third-order valence-electron chi connectivity index (χ3n) is 4.53. The lowest BCUT2D eigenvalue weighted by Crippen LogP contribution is -2.47. The number of nitrogens with zero attached hydrogens (tertiary/aromatic N) is 2. The van der Waals surface area contributed by atoms with Crippen molar-refractivity contribution in [2.24, 2.45) is 0 Å². The zero-order valence-electron chi connectivity index (χ0n) is 14.9. The molecule has 1 aromatic rings. The van der Waals surface area contributed by atoms with E-state index in [1.807, 2.05) is 47.9 Å². The Morgan fingerprint density at radius 3 is 2.38 bits per heavy atom. The van der Waals surface area contributed by atoms with Gasteiger partial charge in [-0.3, -0.25) is 14.5 Å². The van der Waals surface area contributed by atoms with Crippen LogP contribution in [-0.2, 0) is 16.1 Å². The first-order valence-corrected chi connectivity index (χ1v) is 8.74. The van der Waals surface area contributed by atoms with Gasteiger partial charge in [0.1, 0.15) is 6.04 Å². The van der Waals surface area contributed by atoms with E-state index >= 15 is 0 Å². The molecule has 0 aliphatic heterocycles. The minimum Gasteiger partial charge on any atom is -0.480 e. The molecule has 1 aromatic carbocycles. The van der Waals surface area contributed by atoms with Crippen LogP contribution in [0.25, 0.3) is 0 Å². The number of hydrogen-bond acceptors (Lipinski definition) is 3. The maximum atomic E-state index is 12.8. The number of amides is 1. The van der Waals surface area contributed by atoms with Crippen LogP contribution < -0.4 is 0 Å². The normalized spacial score (nSPS) is 15.3. The van der Waals surface area contributed by atoms with E-state index in [1.54, 1.807) is 6.92 Å². The summed E-state index contributed by atoms with van der Waals surface area (Å²) in [6, 6.07) is 7.81. The van der Waals surface area contributed by atoms with E-state index in [1.165, 1.54) is 5.56 Å². The van der Waals surface area contributed by atoms with E-state index in [9.17, 15) is 14.7 Å². The Morgan fingerprint density at radius 1 is 1.25 bits per heavy atom. The van der Waals surface area contributed by atoms with Crippen LogP contribution in [0.4, 0.5) is 0 Å². The van der Waals surface area contributed by atoms with Crippen LogP contribution in [0.5, 0.6) is 0 Å². The van der Waals surface area contributed by atoms with Gasteiger partial charge in [-0.25, -0.2) is 0 Å². The van der Waals surface area contributed by atoms with Crippen LogP contribution in [0.3, 0.4) is 0 Å². The molecule has 132 valence electrons. The average molecular weight is 332 g/mol. The predicted molar refractivity (Wildman–Crippen MR) is 93.7 cm³/mol. The third-order valence-corrected chi connectivity index (χ3v) is 4.53. The molecule has 0 heterocycles. The molecular formula is C19H28N2O3. The van der Waals surface area contributed by atoms with Crippen LogP contribution in [-0.4, -0.2) is 52.0 Å². The van der Waals surface area contributed by atoms with E-state index in [4.69, 9.17) is 0 Å². The van der Waals surface area contributed by atoms with Crippen molar-refractivity contribution in [1.29, 1.82) is 0 Å². The smallest absolute Gasteiger partial charge is 0.320 e. The zero-order valence-corrected chi connectivity index (χ0v) is 14.9. The summed E-state index contributed by atoms with van der Waals surface area (Å²) in [7, 11) is 0. The molecule has 1 unspecified atom stereocenters. The number of rotatable bonds is 9. The second-order valence-electron chi connectivity index (χ2n) is 6.72. The summed E-state index contributed by atoms with van der Waals surface area (Å²) >= 11 is 0. The molecule has 1 fully saturated rings. The fraction of sp³-hybridized carbons (Fsp3) is 0.579. The highest BCUT2D eigenvalue weighted by Crippen LogP contribution is 2.28. The van der Waals surface area contributed by atoms with Crippen LogP contribution in [0.1, 0.15) is 44.2 Å². The molecule has 0 spiro atoms. The lowest BCUT2D eigenvalue weighted by molar-refractivity contribution is -0.144. The minimum absolute atomic E-state index is 0.0115. The monoisotopic (exact) mass is 332 g/mol. The summed E-state index contributed by atoms with van der Waals surface area (Å²) in [4.78, 5) is 27.7. The van der Waals surface area contributed by atoms with Crippen molar-refractivity contribution in [2.75, 3.05) is 13.1 Å². The molecule has 0 radical (unpaired) electrons. The van der Waals surface area contributed by atoms with E-state index in [2.05, 4.69) is 0 Å². The molecule has 1 atom stereocenters. The largest absolute Gasteiger partial charge is 0.480 e. The molecule has 5 heteroatoms. The van der Waals surface area contributed by atoms with E-state index in [0.717, 1.165) is 24.8 Å². The van der Waals surface area contributed by atoms with Gasteiger partial charge in [-0.05, 0) is 38.7 Å². The fourth-order valence-corrected chi connectivity index (χ4v) is 2.86. The van der Waals surface area contributed by atoms with Gasteiger partial charge in [-0.2, -0.15) is 0 Å². The first-order chi connectivity index (χ1) is 11.4. The van der Waals surface area contributed by atoms with Gasteiger partial charge in [0.05, 0.1) is 6.54 Å². The second kappa shape index (κ2) is 8.29. The molecule has 2 rings (SSSR count). The van der Waals surface area contributed by atoms with E-state index in [0.29, 0.717) is 13.1 Å².